The molecule has 19 heavy (non-hydrogen) atoms. The van der Waals surface area contributed by atoms with Crippen molar-refractivity contribution in [1.82, 2.24) is 29.7 Å². The maximum Gasteiger partial charge on any atom is 0.163 e. The molecule has 3 aromatic heterocycles. The van der Waals surface area contributed by atoms with E-state index in [2.05, 4.69) is 25.1 Å². The molecule has 0 spiro atoms. The number of rotatable bonds is 1. The molecule has 6 nitrogen and oxygen atoms in total. The molecule has 0 fully saturated rings. The Morgan fingerprint density at radius 2 is 2.11 bits per heavy atom. The van der Waals surface area contributed by atoms with E-state index < -0.39 is 0 Å². The topological polar surface area (TPSA) is 72.3 Å². The number of fused-ring (bicyclic) bond motifs is 2. The van der Waals surface area contributed by atoms with Gasteiger partial charge in [-0.25, -0.2) is 15.0 Å². The number of H-pyrrole nitrogens is 1. The number of hydrogen-bond acceptors (Lipinski definition) is 4. The van der Waals surface area contributed by atoms with Gasteiger partial charge in [-0.05, 0) is 6.07 Å². The Morgan fingerprint density at radius 3 is 3.05 bits per heavy atom. The van der Waals surface area contributed by atoms with Crippen molar-refractivity contribution in [3.63, 3.8) is 0 Å². The summed E-state index contributed by atoms with van der Waals surface area (Å²) in [4.78, 5) is 13.1. The van der Waals surface area contributed by atoms with Crippen LogP contribution >= 0.6 is 0 Å². The maximum atomic E-state index is 4.55. The molecule has 1 aromatic carbocycles. The highest BCUT2D eigenvalue weighted by molar-refractivity contribution is 5.83. The first-order valence-electron chi connectivity index (χ1n) is 5.89. The highest BCUT2D eigenvalue weighted by Gasteiger charge is 2.07. The minimum Gasteiger partial charge on any atom is -0.318 e. The fourth-order valence-corrected chi connectivity index (χ4v) is 2.14. The van der Waals surface area contributed by atoms with Crippen molar-refractivity contribution in [3.05, 3.63) is 36.9 Å². The monoisotopic (exact) mass is 250 g/mol. The molecule has 92 valence electrons. The second-order valence-corrected chi connectivity index (χ2v) is 4.43. The Bertz CT molecular complexity index is 888. The van der Waals surface area contributed by atoms with E-state index in [1.54, 1.807) is 18.7 Å². The van der Waals surface area contributed by atoms with Crippen molar-refractivity contribution in [2.75, 3.05) is 0 Å². The van der Waals surface area contributed by atoms with Gasteiger partial charge in [-0.1, -0.05) is 12.1 Å². The van der Waals surface area contributed by atoms with Crippen molar-refractivity contribution in [2.45, 2.75) is 0 Å². The van der Waals surface area contributed by atoms with Gasteiger partial charge in [0.1, 0.15) is 5.52 Å². The zero-order chi connectivity index (χ0) is 12.8. The average Bonchev–Trinajstić information content (AvgIpc) is 3.05. The molecule has 4 rings (SSSR count). The minimum atomic E-state index is 0.688. The number of aromatic nitrogens is 6. The first-order valence-corrected chi connectivity index (χ1v) is 5.89. The highest BCUT2D eigenvalue weighted by atomic mass is 15.1. The van der Waals surface area contributed by atoms with Crippen LogP contribution in [-0.2, 0) is 7.05 Å². The van der Waals surface area contributed by atoms with Crippen LogP contribution in [0.3, 0.4) is 0 Å². The standard InChI is InChI=1S/C13H10N6/c1-19-7-15-11-6-14-12(17-13(11)19)8-2-3-9-5-16-18-10(9)4-8/h2-7H,1H3,(H,16,18). The van der Waals surface area contributed by atoms with Crippen molar-refractivity contribution in [2.24, 2.45) is 7.05 Å². The van der Waals surface area contributed by atoms with E-state index in [4.69, 9.17) is 0 Å². The molecule has 4 aromatic rings. The summed E-state index contributed by atoms with van der Waals surface area (Å²) in [7, 11) is 1.92. The summed E-state index contributed by atoms with van der Waals surface area (Å²) in [5.74, 6) is 0.688. The molecule has 0 aliphatic carbocycles. The smallest absolute Gasteiger partial charge is 0.163 e. The first kappa shape index (κ1) is 10.2. The Kier molecular flexibility index (Phi) is 1.94. The van der Waals surface area contributed by atoms with Crippen molar-refractivity contribution >= 4 is 22.1 Å². The number of nitrogens with one attached hydrogen (secondary N) is 1. The van der Waals surface area contributed by atoms with Gasteiger partial charge >= 0.3 is 0 Å². The Labute approximate surface area is 108 Å². The zero-order valence-corrected chi connectivity index (χ0v) is 10.2. The average molecular weight is 250 g/mol. The van der Waals surface area contributed by atoms with E-state index in [9.17, 15) is 0 Å². The summed E-state index contributed by atoms with van der Waals surface area (Å²) in [6.45, 7) is 0. The van der Waals surface area contributed by atoms with E-state index in [1.165, 1.54) is 0 Å². The van der Waals surface area contributed by atoms with Gasteiger partial charge < -0.3 is 4.57 Å². The van der Waals surface area contributed by atoms with Crippen LogP contribution in [0.4, 0.5) is 0 Å². The Morgan fingerprint density at radius 1 is 1.16 bits per heavy atom. The summed E-state index contributed by atoms with van der Waals surface area (Å²) >= 11 is 0. The van der Waals surface area contributed by atoms with Crippen molar-refractivity contribution in [1.29, 1.82) is 0 Å². The molecule has 0 aliphatic heterocycles. The van der Waals surface area contributed by atoms with E-state index in [0.29, 0.717) is 5.82 Å². The summed E-state index contributed by atoms with van der Waals surface area (Å²) in [6.07, 6.45) is 5.28. The quantitative estimate of drug-likeness (QED) is 0.560. The third-order valence-corrected chi connectivity index (χ3v) is 3.15. The summed E-state index contributed by atoms with van der Waals surface area (Å²) in [5, 5.41) is 8.04. The van der Waals surface area contributed by atoms with Gasteiger partial charge in [-0.2, -0.15) is 5.10 Å². The van der Waals surface area contributed by atoms with Crippen molar-refractivity contribution < 1.29 is 0 Å². The van der Waals surface area contributed by atoms with Crippen LogP contribution in [0.25, 0.3) is 33.5 Å². The van der Waals surface area contributed by atoms with Crippen LogP contribution in [0.5, 0.6) is 0 Å². The molecular weight excluding hydrogens is 240 g/mol. The number of aromatic amines is 1. The molecule has 0 aliphatic rings. The number of aryl methyl sites for hydroxylation is 1. The normalized spacial score (nSPS) is 11.4. The van der Waals surface area contributed by atoms with Crippen molar-refractivity contribution in [3.8, 4) is 11.4 Å². The molecular formula is C13H10N6. The van der Waals surface area contributed by atoms with Crippen LogP contribution in [0.15, 0.2) is 36.9 Å². The molecule has 0 atom stereocenters. The van der Waals surface area contributed by atoms with Crippen LogP contribution in [0.1, 0.15) is 0 Å². The highest BCUT2D eigenvalue weighted by Crippen LogP contribution is 2.21. The number of benzene rings is 1. The van der Waals surface area contributed by atoms with Gasteiger partial charge in [0, 0.05) is 18.0 Å². The lowest BCUT2D eigenvalue weighted by atomic mass is 10.1. The van der Waals surface area contributed by atoms with E-state index in [0.717, 1.165) is 27.6 Å². The van der Waals surface area contributed by atoms with Crippen LogP contribution in [0, 0.1) is 0 Å². The minimum absolute atomic E-state index is 0.688. The number of hydrogen-bond donors (Lipinski definition) is 1. The molecule has 0 saturated carbocycles. The molecule has 0 amide bonds. The third kappa shape index (κ3) is 1.50. The molecule has 0 bridgehead atoms. The lowest BCUT2D eigenvalue weighted by Gasteiger charge is -2.01. The van der Waals surface area contributed by atoms with Gasteiger partial charge in [0.25, 0.3) is 0 Å². The predicted molar refractivity (Wildman–Crippen MR) is 71.4 cm³/mol. The SMILES string of the molecule is Cn1cnc2cnc(-c3ccc4cn[nH]c4c3)nc21. The van der Waals surface area contributed by atoms with E-state index in [1.807, 2.05) is 29.8 Å². The fraction of sp³-hybridized carbons (Fsp3) is 0.0769. The van der Waals surface area contributed by atoms with Crippen LogP contribution < -0.4 is 0 Å². The van der Waals surface area contributed by atoms with E-state index in [-0.39, 0.29) is 0 Å². The molecule has 0 saturated heterocycles. The van der Waals surface area contributed by atoms with Crippen LogP contribution in [0.2, 0.25) is 0 Å². The number of nitrogens with zero attached hydrogens (tertiary/aromatic N) is 5. The molecule has 0 radical (unpaired) electrons. The summed E-state index contributed by atoms with van der Waals surface area (Å²) in [6, 6.07) is 6.00. The van der Waals surface area contributed by atoms with Gasteiger partial charge in [0.15, 0.2) is 11.5 Å². The largest absolute Gasteiger partial charge is 0.318 e. The summed E-state index contributed by atoms with van der Waals surface area (Å²) in [5.41, 5.74) is 3.56. The summed E-state index contributed by atoms with van der Waals surface area (Å²) < 4.78 is 1.88. The molecule has 3 heterocycles. The molecule has 6 heteroatoms. The molecule has 0 unspecified atom stereocenters. The predicted octanol–water partition coefficient (Wildman–Crippen LogP) is 1.91. The Hall–Kier alpha value is -2.76. The van der Waals surface area contributed by atoms with Gasteiger partial charge in [0.2, 0.25) is 0 Å². The first-order chi connectivity index (χ1) is 9.31. The fourth-order valence-electron chi connectivity index (χ4n) is 2.14. The van der Waals surface area contributed by atoms with Gasteiger partial charge in [-0.3, -0.25) is 5.10 Å². The maximum absolute atomic E-state index is 4.55. The zero-order valence-electron chi connectivity index (χ0n) is 10.2. The van der Waals surface area contributed by atoms with E-state index >= 15 is 0 Å². The van der Waals surface area contributed by atoms with Gasteiger partial charge in [-0.15, -0.1) is 0 Å². The number of imidazole rings is 1. The second-order valence-electron chi connectivity index (χ2n) is 4.43. The lowest BCUT2D eigenvalue weighted by molar-refractivity contribution is 0.929. The Balaban J connectivity index is 1.94. The molecule has 1 N–H and O–H groups in total. The van der Waals surface area contributed by atoms with Crippen LogP contribution in [-0.4, -0.2) is 29.7 Å². The third-order valence-electron chi connectivity index (χ3n) is 3.15. The second kappa shape index (κ2) is 3.61. The lowest BCUT2D eigenvalue weighted by Crippen LogP contribution is -1.93. The van der Waals surface area contributed by atoms with Gasteiger partial charge in [0.05, 0.1) is 24.2 Å².